The number of anilines is 1. The summed E-state index contributed by atoms with van der Waals surface area (Å²) in [6.45, 7) is 5.48. The number of nitrogens with one attached hydrogen (secondary N) is 1. The van der Waals surface area contributed by atoms with Crippen LogP contribution in [0.25, 0.3) is 0 Å². The topological polar surface area (TPSA) is 55.4 Å². The van der Waals surface area contributed by atoms with E-state index in [9.17, 15) is 9.59 Å². The van der Waals surface area contributed by atoms with Crippen LogP contribution in [0.1, 0.15) is 34.6 Å². The number of hydrogen-bond acceptors (Lipinski definition) is 4. The van der Waals surface area contributed by atoms with Crippen molar-refractivity contribution in [2.45, 2.75) is 33.3 Å². The van der Waals surface area contributed by atoms with Crippen molar-refractivity contribution in [3.63, 3.8) is 0 Å². The van der Waals surface area contributed by atoms with E-state index in [4.69, 9.17) is 4.74 Å². The first kappa shape index (κ1) is 16.2. The molecule has 0 radical (unpaired) electrons. The van der Waals surface area contributed by atoms with E-state index in [1.54, 1.807) is 6.92 Å². The minimum Gasteiger partial charge on any atom is -0.448 e. The summed E-state index contributed by atoms with van der Waals surface area (Å²) in [5.41, 5.74) is 2.75. The molecule has 0 bridgehead atoms. The lowest BCUT2D eigenvalue weighted by atomic mass is 10.1. The molecule has 22 heavy (non-hydrogen) atoms. The van der Waals surface area contributed by atoms with Gasteiger partial charge in [-0.15, -0.1) is 11.3 Å². The third kappa shape index (κ3) is 3.95. The van der Waals surface area contributed by atoms with Crippen LogP contribution in [0.5, 0.6) is 0 Å². The fourth-order valence-electron chi connectivity index (χ4n) is 1.92. The van der Waals surface area contributed by atoms with Gasteiger partial charge in [-0.1, -0.05) is 19.1 Å². The highest BCUT2D eigenvalue weighted by molar-refractivity contribution is 7.12. The lowest BCUT2D eigenvalue weighted by molar-refractivity contribution is -0.123. The fourth-order valence-corrected chi connectivity index (χ4v) is 2.72. The first-order chi connectivity index (χ1) is 10.5. The molecule has 1 atom stereocenters. The molecule has 1 N–H and O–H groups in total. The Hall–Kier alpha value is -2.14. The molecular formula is C17H19NO3S. The van der Waals surface area contributed by atoms with Gasteiger partial charge in [0.15, 0.2) is 6.10 Å². The molecule has 1 aromatic heterocycles. The van der Waals surface area contributed by atoms with Crippen molar-refractivity contribution in [3.8, 4) is 0 Å². The predicted octanol–water partition coefficient (Wildman–Crippen LogP) is 3.80. The summed E-state index contributed by atoms with van der Waals surface area (Å²) in [5, 5.41) is 4.57. The lowest BCUT2D eigenvalue weighted by Crippen LogP contribution is -2.29. The van der Waals surface area contributed by atoms with E-state index in [-0.39, 0.29) is 5.91 Å². The molecule has 0 fully saturated rings. The largest absolute Gasteiger partial charge is 0.448 e. The molecule has 2 rings (SSSR count). The van der Waals surface area contributed by atoms with Crippen LogP contribution in [0.2, 0.25) is 0 Å². The summed E-state index contributed by atoms with van der Waals surface area (Å²) in [4.78, 5) is 24.6. The molecule has 0 saturated heterocycles. The van der Waals surface area contributed by atoms with E-state index in [0.717, 1.165) is 12.0 Å². The summed E-state index contributed by atoms with van der Waals surface area (Å²) in [7, 11) is 0. The molecule has 5 heteroatoms. The van der Waals surface area contributed by atoms with Crippen LogP contribution < -0.4 is 5.32 Å². The Labute approximate surface area is 134 Å². The summed E-state index contributed by atoms with van der Waals surface area (Å²) in [5.74, 6) is -0.803. The quantitative estimate of drug-likeness (QED) is 0.853. The number of carbonyl (C=O) groups is 2. The first-order valence-electron chi connectivity index (χ1n) is 7.16. The highest BCUT2D eigenvalue weighted by atomic mass is 32.1. The van der Waals surface area contributed by atoms with Crippen molar-refractivity contribution < 1.29 is 14.3 Å². The van der Waals surface area contributed by atoms with Gasteiger partial charge in [0.1, 0.15) is 4.88 Å². The maximum atomic E-state index is 12.1. The van der Waals surface area contributed by atoms with Crippen molar-refractivity contribution in [3.05, 3.63) is 51.7 Å². The molecule has 0 aliphatic heterocycles. The standard InChI is InChI=1S/C17H19NO3S/c1-4-13-5-7-14(8-6-13)18-16(19)12(3)21-17(20)15-11(2)9-10-22-15/h5-10,12H,4H2,1-3H3,(H,18,19)/t12-/m1/s1. The first-order valence-corrected chi connectivity index (χ1v) is 8.04. The minimum atomic E-state index is -0.847. The Morgan fingerprint density at radius 2 is 1.91 bits per heavy atom. The zero-order valence-electron chi connectivity index (χ0n) is 12.9. The third-order valence-electron chi connectivity index (χ3n) is 3.33. The molecule has 0 spiro atoms. The van der Waals surface area contributed by atoms with Crippen LogP contribution >= 0.6 is 11.3 Å². The predicted molar refractivity (Wildman–Crippen MR) is 88.4 cm³/mol. The van der Waals surface area contributed by atoms with Gasteiger partial charge in [0.05, 0.1) is 0 Å². The second-order valence-corrected chi connectivity index (χ2v) is 5.94. The van der Waals surface area contributed by atoms with Gasteiger partial charge in [0, 0.05) is 5.69 Å². The van der Waals surface area contributed by atoms with Gasteiger partial charge in [-0.05, 0) is 55.0 Å². The molecule has 1 amide bonds. The van der Waals surface area contributed by atoms with Gasteiger partial charge in [-0.25, -0.2) is 4.79 Å². The van der Waals surface area contributed by atoms with E-state index in [2.05, 4.69) is 12.2 Å². The number of ether oxygens (including phenoxy) is 1. The Kier molecular flexibility index (Phi) is 5.33. The number of rotatable bonds is 5. The van der Waals surface area contributed by atoms with Crippen molar-refractivity contribution in [1.82, 2.24) is 0 Å². The Morgan fingerprint density at radius 3 is 2.45 bits per heavy atom. The average Bonchev–Trinajstić information content (AvgIpc) is 2.94. The monoisotopic (exact) mass is 317 g/mol. The van der Waals surface area contributed by atoms with E-state index >= 15 is 0 Å². The SMILES string of the molecule is CCc1ccc(NC(=O)[C@@H](C)OC(=O)c2sccc2C)cc1. The maximum absolute atomic E-state index is 12.1. The number of amides is 1. The molecule has 0 saturated carbocycles. The molecule has 1 heterocycles. The normalized spacial score (nSPS) is 11.8. The van der Waals surface area contributed by atoms with Crippen molar-refractivity contribution >= 4 is 28.9 Å². The number of thiophene rings is 1. The summed E-state index contributed by atoms with van der Waals surface area (Å²) >= 11 is 1.31. The maximum Gasteiger partial charge on any atom is 0.349 e. The number of carbonyl (C=O) groups excluding carboxylic acids is 2. The van der Waals surface area contributed by atoms with Gasteiger partial charge in [-0.3, -0.25) is 4.79 Å². The van der Waals surface area contributed by atoms with Crippen molar-refractivity contribution in [2.75, 3.05) is 5.32 Å². The molecule has 2 aromatic rings. The highest BCUT2D eigenvalue weighted by Gasteiger charge is 2.20. The fraction of sp³-hybridized carbons (Fsp3) is 0.294. The molecule has 116 valence electrons. The number of esters is 1. The lowest BCUT2D eigenvalue weighted by Gasteiger charge is -2.13. The smallest absolute Gasteiger partial charge is 0.349 e. The third-order valence-corrected chi connectivity index (χ3v) is 4.33. The number of hydrogen-bond donors (Lipinski definition) is 1. The van der Waals surface area contributed by atoms with Crippen LogP contribution in [-0.2, 0) is 16.0 Å². The van der Waals surface area contributed by atoms with E-state index in [1.165, 1.54) is 16.9 Å². The van der Waals surface area contributed by atoms with Crippen molar-refractivity contribution in [1.29, 1.82) is 0 Å². The molecule has 4 nitrogen and oxygen atoms in total. The summed E-state index contributed by atoms with van der Waals surface area (Å²) in [6, 6.07) is 9.45. The van der Waals surface area contributed by atoms with Gasteiger partial charge in [-0.2, -0.15) is 0 Å². The highest BCUT2D eigenvalue weighted by Crippen LogP contribution is 2.18. The van der Waals surface area contributed by atoms with Crippen molar-refractivity contribution in [2.24, 2.45) is 0 Å². The zero-order chi connectivity index (χ0) is 16.1. The van der Waals surface area contributed by atoms with Crippen LogP contribution in [0, 0.1) is 6.92 Å². The van der Waals surface area contributed by atoms with Crippen LogP contribution in [0.15, 0.2) is 35.7 Å². The summed E-state index contributed by atoms with van der Waals surface area (Å²) < 4.78 is 5.21. The zero-order valence-corrected chi connectivity index (χ0v) is 13.7. The summed E-state index contributed by atoms with van der Waals surface area (Å²) in [6.07, 6.45) is 0.0995. The van der Waals surface area contributed by atoms with Crippen LogP contribution in [0.3, 0.4) is 0 Å². The van der Waals surface area contributed by atoms with E-state index in [0.29, 0.717) is 10.6 Å². The van der Waals surface area contributed by atoms with E-state index in [1.807, 2.05) is 42.6 Å². The number of aryl methyl sites for hydroxylation is 2. The Morgan fingerprint density at radius 1 is 1.23 bits per heavy atom. The van der Waals surface area contributed by atoms with Gasteiger partial charge in [0.2, 0.25) is 0 Å². The van der Waals surface area contributed by atoms with Gasteiger partial charge >= 0.3 is 5.97 Å². The van der Waals surface area contributed by atoms with E-state index < -0.39 is 12.1 Å². The van der Waals surface area contributed by atoms with Gasteiger partial charge < -0.3 is 10.1 Å². The molecule has 0 aliphatic rings. The van der Waals surface area contributed by atoms with Crippen LogP contribution in [-0.4, -0.2) is 18.0 Å². The second-order valence-electron chi connectivity index (χ2n) is 5.02. The Balaban J connectivity index is 1.94. The molecular weight excluding hydrogens is 298 g/mol. The molecule has 0 unspecified atom stereocenters. The molecule has 1 aromatic carbocycles. The minimum absolute atomic E-state index is 0.341. The average molecular weight is 317 g/mol. The molecule has 0 aliphatic carbocycles. The van der Waals surface area contributed by atoms with Gasteiger partial charge in [0.25, 0.3) is 5.91 Å². The van der Waals surface area contributed by atoms with Crippen LogP contribution in [0.4, 0.5) is 5.69 Å². The second kappa shape index (κ2) is 7.22. The Bertz CT molecular complexity index is 661. The number of benzene rings is 1.